The van der Waals surface area contributed by atoms with Crippen LogP contribution >= 0.6 is 0 Å². The number of pyridine rings is 1. The Hall–Kier alpha value is -3.92. The van der Waals surface area contributed by atoms with Crippen LogP contribution < -0.4 is 19.8 Å². The number of hydrogen-bond donors (Lipinski definition) is 1. The Labute approximate surface area is 220 Å². The molecule has 0 saturated heterocycles. The lowest BCUT2D eigenvalue weighted by Gasteiger charge is -2.31. The second kappa shape index (κ2) is 10.4. The Balaban J connectivity index is 1.38. The van der Waals surface area contributed by atoms with Crippen LogP contribution in [0.3, 0.4) is 0 Å². The van der Waals surface area contributed by atoms with Gasteiger partial charge in [0.05, 0.1) is 19.2 Å². The molecule has 198 valence electrons. The highest BCUT2D eigenvalue weighted by molar-refractivity contribution is 5.80. The second-order valence-corrected chi connectivity index (χ2v) is 10.0. The lowest BCUT2D eigenvalue weighted by molar-refractivity contribution is 0.158. The number of aromatic nitrogens is 5. The molecular weight excluding hydrogens is 484 g/mol. The molecule has 0 amide bonds. The lowest BCUT2D eigenvalue weighted by Crippen LogP contribution is -2.32. The van der Waals surface area contributed by atoms with E-state index in [9.17, 15) is 4.79 Å². The molecule has 1 aliphatic carbocycles. The minimum Gasteiger partial charge on any atom is -0.497 e. The van der Waals surface area contributed by atoms with E-state index in [1.165, 1.54) is 12.8 Å². The number of methoxy groups -OCH3 is 1. The van der Waals surface area contributed by atoms with Crippen molar-refractivity contribution in [2.75, 3.05) is 13.9 Å². The molecule has 1 saturated carbocycles. The maximum Gasteiger partial charge on any atom is 0.252 e. The van der Waals surface area contributed by atoms with E-state index in [1.807, 2.05) is 47.1 Å². The van der Waals surface area contributed by atoms with E-state index in [0.29, 0.717) is 24.7 Å². The molecule has 3 heterocycles. The molecule has 1 N–H and O–H groups in total. The van der Waals surface area contributed by atoms with Crippen LogP contribution in [0.15, 0.2) is 47.3 Å². The van der Waals surface area contributed by atoms with Crippen molar-refractivity contribution < 1.29 is 14.2 Å². The van der Waals surface area contributed by atoms with Gasteiger partial charge in [0.1, 0.15) is 5.75 Å². The molecule has 0 unspecified atom stereocenters. The second-order valence-electron chi connectivity index (χ2n) is 10.0. The van der Waals surface area contributed by atoms with Crippen LogP contribution in [0.2, 0.25) is 0 Å². The Morgan fingerprint density at radius 3 is 2.76 bits per heavy atom. The summed E-state index contributed by atoms with van der Waals surface area (Å²) in [5.41, 5.74) is 2.40. The largest absolute Gasteiger partial charge is 0.497 e. The smallest absolute Gasteiger partial charge is 0.252 e. The fourth-order valence-corrected chi connectivity index (χ4v) is 5.68. The third-order valence-corrected chi connectivity index (χ3v) is 7.64. The van der Waals surface area contributed by atoms with Gasteiger partial charge >= 0.3 is 0 Å². The number of rotatable bonds is 9. The number of H-pyrrole nitrogens is 1. The summed E-state index contributed by atoms with van der Waals surface area (Å²) in [6.07, 6.45) is 5.35. The highest BCUT2D eigenvalue weighted by Crippen LogP contribution is 2.36. The first-order chi connectivity index (χ1) is 18.6. The van der Waals surface area contributed by atoms with Gasteiger partial charge in [-0.3, -0.25) is 9.69 Å². The predicted octanol–water partition coefficient (Wildman–Crippen LogP) is 4.52. The van der Waals surface area contributed by atoms with Crippen LogP contribution in [0.1, 0.15) is 68.1 Å². The highest BCUT2D eigenvalue weighted by atomic mass is 16.7. The number of hydrogen-bond acceptors (Lipinski definition) is 8. The number of nitrogens with zero attached hydrogens (tertiary/aromatic N) is 5. The first-order valence-electron chi connectivity index (χ1n) is 13.2. The van der Waals surface area contributed by atoms with Gasteiger partial charge in [-0.15, -0.1) is 5.10 Å². The summed E-state index contributed by atoms with van der Waals surface area (Å²) in [5, 5.41) is 13.9. The van der Waals surface area contributed by atoms with Crippen molar-refractivity contribution in [1.29, 1.82) is 0 Å². The molecule has 2 aromatic carbocycles. The minimum atomic E-state index is -0.108. The zero-order valence-corrected chi connectivity index (χ0v) is 21.7. The van der Waals surface area contributed by atoms with Crippen molar-refractivity contribution in [2.24, 2.45) is 0 Å². The molecule has 10 nitrogen and oxygen atoms in total. The monoisotopic (exact) mass is 516 g/mol. The minimum absolute atomic E-state index is 0.0866. The van der Waals surface area contributed by atoms with Crippen LogP contribution in [-0.2, 0) is 13.1 Å². The number of ether oxygens (including phenoxy) is 3. The molecule has 0 radical (unpaired) electrons. The average Bonchev–Trinajstić information content (AvgIpc) is 3.71. The molecule has 2 aliphatic rings. The fraction of sp³-hybridized carbons (Fsp3) is 0.429. The number of tetrazole rings is 1. The first kappa shape index (κ1) is 24.4. The lowest BCUT2D eigenvalue weighted by atomic mass is 10.1. The standard InChI is InChI=1S/C28H32N6O4/c1-3-24(27-30-31-32-34(27)21-6-4-5-7-21)33(15-18-8-11-25-26(12-18)38-17-37-25)16-20-13-19-14-22(36-2)9-10-23(19)29-28(20)35/h8-14,21,24H,3-7,15-17H2,1-2H3,(H,29,35)/t24-/m1/s1. The third kappa shape index (κ3) is 4.71. The third-order valence-electron chi connectivity index (χ3n) is 7.64. The van der Waals surface area contributed by atoms with Crippen molar-refractivity contribution in [2.45, 2.75) is 64.2 Å². The Kier molecular flexibility index (Phi) is 6.71. The Morgan fingerprint density at radius 2 is 1.95 bits per heavy atom. The van der Waals surface area contributed by atoms with Crippen molar-refractivity contribution in [3.8, 4) is 17.2 Å². The van der Waals surface area contributed by atoms with E-state index in [-0.39, 0.29) is 18.4 Å². The molecule has 6 rings (SSSR count). The van der Waals surface area contributed by atoms with Crippen LogP contribution in [-0.4, -0.2) is 44.0 Å². The molecule has 0 spiro atoms. The SMILES string of the molecule is CC[C@H](c1nnnn1C1CCCC1)N(Cc1ccc2c(c1)OCO2)Cc1cc2cc(OC)ccc2[nH]c1=O. The van der Waals surface area contributed by atoms with Crippen molar-refractivity contribution >= 4 is 10.9 Å². The molecule has 10 heteroatoms. The van der Waals surface area contributed by atoms with Gasteiger partial charge in [-0.05, 0) is 71.7 Å². The van der Waals surface area contributed by atoms with Crippen molar-refractivity contribution in [3.05, 3.63) is 69.8 Å². The van der Waals surface area contributed by atoms with Gasteiger partial charge in [0, 0.05) is 29.6 Å². The van der Waals surface area contributed by atoms with E-state index in [4.69, 9.17) is 14.2 Å². The normalized spacial score (nSPS) is 16.0. The van der Waals surface area contributed by atoms with Gasteiger partial charge in [0.2, 0.25) is 6.79 Å². The van der Waals surface area contributed by atoms with Gasteiger partial charge < -0.3 is 19.2 Å². The molecule has 38 heavy (non-hydrogen) atoms. The molecule has 1 atom stereocenters. The van der Waals surface area contributed by atoms with E-state index < -0.39 is 0 Å². The molecule has 2 aromatic heterocycles. The molecule has 0 bridgehead atoms. The number of benzene rings is 2. The van der Waals surface area contributed by atoms with Crippen LogP contribution in [0.5, 0.6) is 17.2 Å². The zero-order valence-electron chi connectivity index (χ0n) is 21.7. The number of nitrogens with one attached hydrogen (secondary N) is 1. The number of fused-ring (bicyclic) bond motifs is 2. The number of aromatic amines is 1. The first-order valence-corrected chi connectivity index (χ1v) is 13.2. The summed E-state index contributed by atoms with van der Waals surface area (Å²) in [6.45, 7) is 3.38. The molecule has 1 aliphatic heterocycles. The quantitative estimate of drug-likeness (QED) is 0.346. The van der Waals surface area contributed by atoms with Gasteiger partial charge in [-0.25, -0.2) is 4.68 Å². The fourth-order valence-electron chi connectivity index (χ4n) is 5.68. The van der Waals surface area contributed by atoms with Crippen LogP contribution in [0, 0.1) is 0 Å². The van der Waals surface area contributed by atoms with Gasteiger partial charge in [-0.1, -0.05) is 25.8 Å². The van der Waals surface area contributed by atoms with Gasteiger partial charge in [0.25, 0.3) is 5.56 Å². The van der Waals surface area contributed by atoms with Gasteiger partial charge in [0.15, 0.2) is 17.3 Å². The van der Waals surface area contributed by atoms with E-state index in [2.05, 4.69) is 32.3 Å². The Bertz CT molecular complexity index is 1490. The van der Waals surface area contributed by atoms with Gasteiger partial charge in [-0.2, -0.15) is 0 Å². The van der Waals surface area contributed by atoms with Crippen molar-refractivity contribution in [1.82, 2.24) is 30.1 Å². The average molecular weight is 517 g/mol. The summed E-state index contributed by atoms with van der Waals surface area (Å²) in [5.74, 6) is 3.08. The van der Waals surface area contributed by atoms with Crippen LogP contribution in [0.25, 0.3) is 10.9 Å². The molecule has 4 aromatic rings. The van der Waals surface area contributed by atoms with E-state index in [1.54, 1.807) is 7.11 Å². The zero-order chi connectivity index (χ0) is 26.1. The summed E-state index contributed by atoms with van der Waals surface area (Å²) >= 11 is 0. The summed E-state index contributed by atoms with van der Waals surface area (Å²) in [6, 6.07) is 13.8. The summed E-state index contributed by atoms with van der Waals surface area (Å²) in [4.78, 5) is 18.5. The molecular formula is C28H32N6O4. The molecule has 1 fully saturated rings. The maximum atomic E-state index is 13.2. The van der Waals surface area contributed by atoms with E-state index >= 15 is 0 Å². The summed E-state index contributed by atoms with van der Waals surface area (Å²) in [7, 11) is 1.64. The topological polar surface area (TPSA) is 107 Å². The van der Waals surface area contributed by atoms with Crippen molar-refractivity contribution in [3.63, 3.8) is 0 Å². The van der Waals surface area contributed by atoms with Crippen LogP contribution in [0.4, 0.5) is 0 Å². The van der Waals surface area contributed by atoms with E-state index in [0.717, 1.165) is 58.8 Å². The Morgan fingerprint density at radius 1 is 1.11 bits per heavy atom. The highest BCUT2D eigenvalue weighted by Gasteiger charge is 2.30. The summed E-state index contributed by atoms with van der Waals surface area (Å²) < 4.78 is 18.6. The maximum absolute atomic E-state index is 13.2. The predicted molar refractivity (Wildman–Crippen MR) is 141 cm³/mol.